The van der Waals surface area contributed by atoms with E-state index in [2.05, 4.69) is 54.1 Å². The van der Waals surface area contributed by atoms with Crippen LogP contribution in [-0.4, -0.2) is 27.0 Å². The van der Waals surface area contributed by atoms with Gasteiger partial charge in [0, 0.05) is 34.6 Å². The molecule has 0 aliphatic carbocycles. The maximum absolute atomic E-state index is 5.58. The predicted molar refractivity (Wildman–Crippen MR) is 129 cm³/mol. The molecule has 0 bridgehead atoms. The number of rotatable bonds is 5. The number of ether oxygens (including phenoxy) is 1. The molecule has 0 atom stereocenters. The first-order valence-corrected chi connectivity index (χ1v) is 10.5. The number of H-pyrrole nitrogens is 2. The molecule has 5 nitrogen and oxygen atoms in total. The lowest BCUT2D eigenvalue weighted by molar-refractivity contribution is 0.415. The smallest absolute Gasteiger partial charge is 0.138 e. The molecule has 0 amide bonds. The summed E-state index contributed by atoms with van der Waals surface area (Å²) in [6.45, 7) is 4.19. The van der Waals surface area contributed by atoms with E-state index >= 15 is 0 Å². The van der Waals surface area contributed by atoms with Crippen LogP contribution in [0.4, 0.5) is 0 Å². The molecule has 0 saturated carbocycles. The standard InChI is InChI=1S/C27H24N4O/c1-17-8-4-6-10-22(17)24-15-28-26(30-24)19-12-20(14-21(13-19)32-3)27-29-16-25(31-27)23-11-7-5-9-18(23)2/h4-16H,1-3H3,(H,28,30)(H,29,31). The van der Waals surface area contributed by atoms with Crippen molar-refractivity contribution in [1.29, 1.82) is 0 Å². The highest BCUT2D eigenvalue weighted by molar-refractivity contribution is 5.73. The molecule has 3 aromatic carbocycles. The molecule has 5 aromatic rings. The third-order valence-corrected chi connectivity index (χ3v) is 5.69. The zero-order valence-corrected chi connectivity index (χ0v) is 18.3. The van der Waals surface area contributed by atoms with Gasteiger partial charge in [-0.25, -0.2) is 9.97 Å². The number of aryl methyl sites for hydroxylation is 2. The number of nitrogens with one attached hydrogen (secondary N) is 2. The second-order valence-corrected chi connectivity index (χ2v) is 7.85. The molecule has 0 aliphatic heterocycles. The summed E-state index contributed by atoms with van der Waals surface area (Å²) in [6, 6.07) is 22.5. The number of imidazole rings is 2. The highest BCUT2D eigenvalue weighted by Crippen LogP contribution is 2.32. The minimum Gasteiger partial charge on any atom is -0.497 e. The minimum absolute atomic E-state index is 0.750. The summed E-state index contributed by atoms with van der Waals surface area (Å²) >= 11 is 0. The highest BCUT2D eigenvalue weighted by Gasteiger charge is 2.13. The Morgan fingerprint density at radius 2 is 1.12 bits per heavy atom. The zero-order chi connectivity index (χ0) is 22.1. The number of aromatic amines is 2. The largest absolute Gasteiger partial charge is 0.497 e. The van der Waals surface area contributed by atoms with Gasteiger partial charge in [0.15, 0.2) is 0 Å². The van der Waals surface area contributed by atoms with E-state index in [1.54, 1.807) is 7.11 Å². The summed E-state index contributed by atoms with van der Waals surface area (Å²) in [5.74, 6) is 2.32. The molecule has 0 radical (unpaired) electrons. The van der Waals surface area contributed by atoms with Crippen LogP contribution in [-0.2, 0) is 0 Å². The maximum atomic E-state index is 5.58. The summed E-state index contributed by atoms with van der Waals surface area (Å²) in [6.07, 6.45) is 3.89. The molecule has 0 unspecified atom stereocenters. The van der Waals surface area contributed by atoms with Crippen LogP contribution in [0.15, 0.2) is 79.1 Å². The van der Waals surface area contributed by atoms with Crippen molar-refractivity contribution >= 4 is 0 Å². The second-order valence-electron chi connectivity index (χ2n) is 7.85. The van der Waals surface area contributed by atoms with Crippen molar-refractivity contribution in [3.05, 3.63) is 90.3 Å². The summed E-state index contributed by atoms with van der Waals surface area (Å²) in [5, 5.41) is 0. The molecule has 5 rings (SSSR count). The molecule has 32 heavy (non-hydrogen) atoms. The molecule has 0 fully saturated rings. The topological polar surface area (TPSA) is 66.6 Å². The van der Waals surface area contributed by atoms with Crippen LogP contribution in [0.5, 0.6) is 5.75 Å². The van der Waals surface area contributed by atoms with Gasteiger partial charge in [0.2, 0.25) is 0 Å². The van der Waals surface area contributed by atoms with E-state index in [1.807, 2.05) is 48.8 Å². The van der Waals surface area contributed by atoms with Crippen molar-refractivity contribution in [2.45, 2.75) is 13.8 Å². The van der Waals surface area contributed by atoms with Crippen LogP contribution in [0, 0.1) is 13.8 Å². The van der Waals surface area contributed by atoms with Crippen molar-refractivity contribution in [3.63, 3.8) is 0 Å². The van der Waals surface area contributed by atoms with Crippen LogP contribution in [0.1, 0.15) is 11.1 Å². The average Bonchev–Trinajstić information content (AvgIpc) is 3.50. The lowest BCUT2D eigenvalue weighted by Crippen LogP contribution is -1.90. The van der Waals surface area contributed by atoms with E-state index in [0.717, 1.165) is 51.0 Å². The summed E-state index contributed by atoms with van der Waals surface area (Å²) in [5.41, 5.74) is 8.33. The van der Waals surface area contributed by atoms with E-state index in [9.17, 15) is 0 Å². The fraction of sp³-hybridized carbons (Fsp3) is 0.111. The number of hydrogen-bond acceptors (Lipinski definition) is 3. The predicted octanol–water partition coefficient (Wildman–Crippen LogP) is 6.43. The Hall–Kier alpha value is -4.12. The number of nitrogens with zero attached hydrogens (tertiary/aromatic N) is 2. The molecule has 2 heterocycles. The van der Waals surface area contributed by atoms with Crippen molar-refractivity contribution in [2.75, 3.05) is 7.11 Å². The fourth-order valence-corrected chi connectivity index (χ4v) is 3.93. The second kappa shape index (κ2) is 8.19. The molecular formula is C27H24N4O. The van der Waals surface area contributed by atoms with E-state index in [1.165, 1.54) is 11.1 Å². The molecule has 5 heteroatoms. The monoisotopic (exact) mass is 420 g/mol. The third kappa shape index (κ3) is 3.69. The van der Waals surface area contributed by atoms with E-state index in [-0.39, 0.29) is 0 Å². The van der Waals surface area contributed by atoms with Gasteiger partial charge in [-0.2, -0.15) is 0 Å². The first-order valence-electron chi connectivity index (χ1n) is 10.5. The number of benzene rings is 3. The van der Waals surface area contributed by atoms with Crippen molar-refractivity contribution in [1.82, 2.24) is 19.9 Å². The van der Waals surface area contributed by atoms with Gasteiger partial charge in [-0.05, 0) is 43.2 Å². The van der Waals surface area contributed by atoms with E-state index in [4.69, 9.17) is 14.7 Å². The van der Waals surface area contributed by atoms with Crippen molar-refractivity contribution in [3.8, 4) is 51.0 Å². The first kappa shape index (κ1) is 19.8. The molecule has 2 N–H and O–H groups in total. The molecule has 0 aliphatic rings. The van der Waals surface area contributed by atoms with Crippen LogP contribution in [0.3, 0.4) is 0 Å². The minimum atomic E-state index is 0.750. The Bertz CT molecular complexity index is 1290. The summed E-state index contributed by atoms with van der Waals surface area (Å²) < 4.78 is 5.58. The number of methoxy groups -OCH3 is 1. The van der Waals surface area contributed by atoms with Gasteiger partial charge < -0.3 is 14.7 Å². The third-order valence-electron chi connectivity index (χ3n) is 5.69. The van der Waals surface area contributed by atoms with Gasteiger partial charge in [-0.3, -0.25) is 0 Å². The Kier molecular flexibility index (Phi) is 5.07. The van der Waals surface area contributed by atoms with Crippen molar-refractivity contribution < 1.29 is 4.74 Å². The molecule has 2 aromatic heterocycles. The molecule has 0 saturated heterocycles. The SMILES string of the molecule is COc1cc(-c2nc(-c3ccccc3C)c[nH]2)cc(-c2nc(-c3ccccc3C)c[nH]2)c1. The van der Waals surface area contributed by atoms with Crippen LogP contribution in [0.2, 0.25) is 0 Å². The van der Waals surface area contributed by atoms with Crippen LogP contribution in [0.25, 0.3) is 45.3 Å². The van der Waals surface area contributed by atoms with Crippen molar-refractivity contribution in [2.24, 2.45) is 0 Å². The van der Waals surface area contributed by atoms with Gasteiger partial charge in [0.05, 0.1) is 18.5 Å². The van der Waals surface area contributed by atoms with Gasteiger partial charge in [0.1, 0.15) is 17.4 Å². The van der Waals surface area contributed by atoms with Gasteiger partial charge in [0.25, 0.3) is 0 Å². The Balaban J connectivity index is 1.54. The summed E-state index contributed by atoms with van der Waals surface area (Å²) in [4.78, 5) is 16.3. The first-order chi connectivity index (χ1) is 15.6. The normalized spacial score (nSPS) is 11.0. The quantitative estimate of drug-likeness (QED) is 0.344. The Morgan fingerprint density at radius 3 is 1.56 bits per heavy atom. The Morgan fingerprint density at radius 1 is 0.656 bits per heavy atom. The fourth-order valence-electron chi connectivity index (χ4n) is 3.93. The molecule has 158 valence electrons. The van der Waals surface area contributed by atoms with Gasteiger partial charge in [-0.15, -0.1) is 0 Å². The van der Waals surface area contributed by atoms with Gasteiger partial charge in [-0.1, -0.05) is 48.5 Å². The Labute approximate surface area is 187 Å². The highest BCUT2D eigenvalue weighted by atomic mass is 16.5. The lowest BCUT2D eigenvalue weighted by atomic mass is 10.1. The number of hydrogen-bond donors (Lipinski definition) is 2. The van der Waals surface area contributed by atoms with E-state index in [0.29, 0.717) is 0 Å². The number of aromatic nitrogens is 4. The maximum Gasteiger partial charge on any atom is 0.138 e. The van der Waals surface area contributed by atoms with Crippen LogP contribution >= 0.6 is 0 Å². The van der Waals surface area contributed by atoms with Crippen LogP contribution < -0.4 is 4.74 Å². The lowest BCUT2D eigenvalue weighted by Gasteiger charge is -2.07. The molecule has 0 spiro atoms. The average molecular weight is 421 g/mol. The van der Waals surface area contributed by atoms with E-state index < -0.39 is 0 Å². The van der Waals surface area contributed by atoms with Gasteiger partial charge >= 0.3 is 0 Å². The summed E-state index contributed by atoms with van der Waals surface area (Å²) in [7, 11) is 1.67. The molecular weight excluding hydrogens is 396 g/mol. The zero-order valence-electron chi connectivity index (χ0n) is 18.3.